The van der Waals surface area contributed by atoms with E-state index in [1.807, 2.05) is 19.0 Å². The second-order valence-corrected chi connectivity index (χ2v) is 8.96. The van der Waals surface area contributed by atoms with Crippen LogP contribution >= 0.6 is 11.5 Å². The summed E-state index contributed by atoms with van der Waals surface area (Å²) >= 11 is 0.786. The number of hydrogen-bond acceptors (Lipinski definition) is 7. The summed E-state index contributed by atoms with van der Waals surface area (Å²) < 4.78 is 37.1. The number of anilines is 1. The Hall–Kier alpha value is -2.83. The second-order valence-electron chi connectivity index (χ2n) is 8.18. The van der Waals surface area contributed by atoms with Crippen LogP contribution in [-0.4, -0.2) is 59.6 Å². The molecule has 34 heavy (non-hydrogen) atoms. The SMILES string of the molecule is Cc1cc(F)c(COc2nsc(NC(=O)NCCCCCC(O)CN(C)C)c2C(N)=O)cc1F. The summed E-state index contributed by atoms with van der Waals surface area (Å²) in [5, 5.41) is 15.1. The number of ether oxygens (including phenoxy) is 1. The van der Waals surface area contributed by atoms with Crippen molar-refractivity contribution < 1.29 is 28.2 Å². The zero-order valence-electron chi connectivity index (χ0n) is 19.5. The van der Waals surface area contributed by atoms with Crippen LogP contribution in [0.4, 0.5) is 18.6 Å². The zero-order valence-corrected chi connectivity index (χ0v) is 20.3. The number of nitrogens with two attached hydrogens (primary N) is 1. The summed E-state index contributed by atoms with van der Waals surface area (Å²) in [7, 11) is 3.80. The summed E-state index contributed by atoms with van der Waals surface area (Å²) in [6.07, 6.45) is 2.72. The van der Waals surface area contributed by atoms with E-state index in [0.29, 0.717) is 19.5 Å². The van der Waals surface area contributed by atoms with Crippen molar-refractivity contribution in [3.8, 4) is 5.88 Å². The Labute approximate surface area is 201 Å². The van der Waals surface area contributed by atoms with E-state index in [9.17, 15) is 23.5 Å². The molecule has 3 amide bonds. The van der Waals surface area contributed by atoms with Crippen molar-refractivity contribution in [2.45, 2.75) is 45.3 Å². The lowest BCUT2D eigenvalue weighted by Gasteiger charge is -2.15. The van der Waals surface area contributed by atoms with Crippen LogP contribution in [0.5, 0.6) is 5.88 Å². The minimum Gasteiger partial charge on any atom is -0.471 e. The Kier molecular flexibility index (Phi) is 10.6. The standard InChI is InChI=1S/C22H31F2N5O4S/c1-13-9-17(24)14(10-16(13)23)12-33-20-18(19(25)31)21(34-28-20)27-22(32)26-8-6-4-5-7-15(30)11-29(2)3/h9-10,15,30H,4-8,11-12H2,1-3H3,(H2,25,31)(H2,26,27,32). The molecule has 2 rings (SSSR count). The first-order chi connectivity index (χ1) is 16.1. The van der Waals surface area contributed by atoms with Gasteiger partial charge in [-0.1, -0.05) is 12.8 Å². The molecule has 0 aliphatic heterocycles. The van der Waals surface area contributed by atoms with Crippen LogP contribution < -0.4 is 21.1 Å². The van der Waals surface area contributed by atoms with Crippen LogP contribution in [-0.2, 0) is 6.61 Å². The monoisotopic (exact) mass is 499 g/mol. The fourth-order valence-electron chi connectivity index (χ4n) is 3.16. The number of aryl methyl sites for hydroxylation is 1. The molecule has 2 aromatic rings. The first-order valence-electron chi connectivity index (χ1n) is 10.8. The summed E-state index contributed by atoms with van der Waals surface area (Å²) in [5.74, 6) is -2.30. The van der Waals surface area contributed by atoms with Gasteiger partial charge in [-0.15, -0.1) is 0 Å². The number of hydrogen-bond donors (Lipinski definition) is 4. The Morgan fingerprint density at radius 3 is 2.65 bits per heavy atom. The van der Waals surface area contributed by atoms with Gasteiger partial charge in [0, 0.05) is 18.7 Å². The van der Waals surface area contributed by atoms with Crippen molar-refractivity contribution in [1.29, 1.82) is 0 Å². The lowest BCUT2D eigenvalue weighted by Crippen LogP contribution is -2.30. The Balaban J connectivity index is 1.84. The van der Waals surface area contributed by atoms with Gasteiger partial charge in [0.25, 0.3) is 5.91 Å². The van der Waals surface area contributed by atoms with Crippen LogP contribution in [0, 0.1) is 18.6 Å². The van der Waals surface area contributed by atoms with Crippen LogP contribution in [0.15, 0.2) is 12.1 Å². The molecular weight excluding hydrogens is 468 g/mol. The number of primary amides is 1. The third kappa shape index (κ3) is 8.50. The first kappa shape index (κ1) is 27.4. The highest BCUT2D eigenvalue weighted by Gasteiger charge is 2.22. The average molecular weight is 500 g/mol. The summed E-state index contributed by atoms with van der Waals surface area (Å²) in [4.78, 5) is 26.0. The van der Waals surface area contributed by atoms with Crippen LogP contribution in [0.25, 0.3) is 0 Å². The minimum atomic E-state index is -0.883. The number of halogens is 2. The molecule has 1 aromatic carbocycles. The molecular formula is C22H31F2N5O4S. The molecule has 0 radical (unpaired) electrons. The number of benzene rings is 1. The number of aromatic nitrogens is 1. The largest absolute Gasteiger partial charge is 0.471 e. The third-order valence-corrected chi connectivity index (χ3v) is 5.65. The summed E-state index contributed by atoms with van der Waals surface area (Å²) in [6, 6.07) is 1.51. The van der Waals surface area contributed by atoms with Gasteiger partial charge in [-0.3, -0.25) is 10.1 Å². The maximum Gasteiger partial charge on any atom is 0.319 e. The highest BCUT2D eigenvalue weighted by molar-refractivity contribution is 7.11. The number of nitrogens with zero attached hydrogens (tertiary/aromatic N) is 2. The summed E-state index contributed by atoms with van der Waals surface area (Å²) in [5.41, 5.74) is 5.37. The summed E-state index contributed by atoms with van der Waals surface area (Å²) in [6.45, 7) is 2.08. The highest BCUT2D eigenvalue weighted by Crippen LogP contribution is 2.31. The number of urea groups is 1. The van der Waals surface area contributed by atoms with Crippen molar-refractivity contribution in [2.75, 3.05) is 32.5 Å². The maximum absolute atomic E-state index is 14.0. The van der Waals surface area contributed by atoms with Crippen molar-refractivity contribution in [3.63, 3.8) is 0 Å². The van der Waals surface area contributed by atoms with Gasteiger partial charge >= 0.3 is 6.03 Å². The number of aliphatic hydroxyl groups is 1. The number of rotatable bonds is 13. The van der Waals surface area contributed by atoms with Crippen molar-refractivity contribution in [2.24, 2.45) is 5.73 Å². The smallest absolute Gasteiger partial charge is 0.319 e. The third-order valence-electron chi connectivity index (χ3n) is 4.90. The van der Waals surface area contributed by atoms with Crippen molar-refractivity contribution in [1.82, 2.24) is 14.6 Å². The van der Waals surface area contributed by atoms with Crippen LogP contribution in [0.3, 0.4) is 0 Å². The molecule has 188 valence electrons. The van der Waals surface area contributed by atoms with E-state index in [-0.39, 0.29) is 40.3 Å². The van der Waals surface area contributed by atoms with E-state index in [1.54, 1.807) is 0 Å². The van der Waals surface area contributed by atoms with E-state index >= 15 is 0 Å². The molecule has 1 heterocycles. The topological polar surface area (TPSA) is 130 Å². The van der Waals surface area contributed by atoms with E-state index < -0.39 is 23.6 Å². The second kappa shape index (κ2) is 13.2. The molecule has 12 heteroatoms. The number of nitrogens with one attached hydrogen (secondary N) is 2. The maximum atomic E-state index is 14.0. The molecule has 1 atom stereocenters. The van der Waals surface area contributed by atoms with Gasteiger partial charge in [-0.2, -0.15) is 4.37 Å². The molecule has 0 aliphatic rings. The molecule has 0 aliphatic carbocycles. The molecule has 0 spiro atoms. The van der Waals surface area contributed by atoms with E-state index in [0.717, 1.165) is 42.9 Å². The van der Waals surface area contributed by atoms with Gasteiger partial charge in [-0.25, -0.2) is 13.6 Å². The lowest BCUT2D eigenvalue weighted by atomic mass is 10.1. The number of aliphatic hydroxyl groups excluding tert-OH is 1. The highest BCUT2D eigenvalue weighted by atomic mass is 32.1. The number of carbonyl (C=O) groups is 2. The Bertz CT molecular complexity index is 986. The van der Waals surface area contributed by atoms with Crippen LogP contribution in [0.2, 0.25) is 0 Å². The molecule has 0 bridgehead atoms. The number of likely N-dealkylation sites (N-methyl/N-ethyl adjacent to an activating group) is 1. The van der Waals surface area contributed by atoms with Gasteiger partial charge < -0.3 is 25.8 Å². The van der Waals surface area contributed by atoms with Gasteiger partial charge in [0.2, 0.25) is 5.88 Å². The predicted molar refractivity (Wildman–Crippen MR) is 126 cm³/mol. The Morgan fingerprint density at radius 2 is 1.97 bits per heavy atom. The molecule has 0 saturated heterocycles. The molecule has 0 saturated carbocycles. The number of unbranched alkanes of at least 4 members (excludes halogenated alkanes) is 2. The van der Waals surface area contributed by atoms with E-state index in [4.69, 9.17) is 10.5 Å². The molecule has 9 nitrogen and oxygen atoms in total. The predicted octanol–water partition coefficient (Wildman–Crippen LogP) is 3.01. The molecule has 5 N–H and O–H groups in total. The van der Waals surface area contributed by atoms with Gasteiger partial charge in [-0.05, 0) is 63.1 Å². The minimum absolute atomic E-state index is 0.0481. The van der Waals surface area contributed by atoms with Gasteiger partial charge in [0.15, 0.2) is 0 Å². The van der Waals surface area contributed by atoms with Crippen molar-refractivity contribution in [3.05, 3.63) is 40.5 Å². The van der Waals surface area contributed by atoms with Crippen molar-refractivity contribution >= 4 is 28.5 Å². The fourth-order valence-corrected chi connectivity index (χ4v) is 3.90. The zero-order chi connectivity index (χ0) is 25.3. The van der Waals surface area contributed by atoms with Gasteiger partial charge in [0.1, 0.15) is 28.8 Å². The lowest BCUT2D eigenvalue weighted by molar-refractivity contribution is 0.0996. The first-order valence-corrected chi connectivity index (χ1v) is 11.6. The fraction of sp³-hybridized carbons (Fsp3) is 0.500. The van der Waals surface area contributed by atoms with E-state index in [2.05, 4.69) is 15.0 Å². The Morgan fingerprint density at radius 1 is 1.24 bits per heavy atom. The average Bonchev–Trinajstić information content (AvgIpc) is 3.14. The molecule has 1 unspecified atom stereocenters. The molecule has 1 aromatic heterocycles. The normalized spacial score (nSPS) is 12.0. The van der Waals surface area contributed by atoms with Crippen LogP contribution in [0.1, 0.15) is 47.2 Å². The number of amides is 3. The quantitative estimate of drug-likeness (QED) is 0.314. The molecule has 0 fully saturated rings. The van der Waals surface area contributed by atoms with Gasteiger partial charge in [0.05, 0.1) is 6.10 Å². The number of carbonyl (C=O) groups excluding carboxylic acids is 2. The van der Waals surface area contributed by atoms with E-state index in [1.165, 1.54) is 6.92 Å².